The van der Waals surface area contributed by atoms with Crippen LogP contribution in [0.4, 0.5) is 0 Å². The van der Waals surface area contributed by atoms with Crippen LogP contribution in [0, 0.1) is 0 Å². The molecular formula is C16H20O3S2. The van der Waals surface area contributed by atoms with Gasteiger partial charge in [-0.15, -0.1) is 23.5 Å². The summed E-state index contributed by atoms with van der Waals surface area (Å²) >= 11 is 3.92. The Bertz CT molecular complexity index is 551. The maximum absolute atomic E-state index is 11.6. The first kappa shape index (κ1) is 15.1. The summed E-state index contributed by atoms with van der Waals surface area (Å²) in [5, 5.41) is 10.3. The number of phenols is 1. The normalized spacial score (nSPS) is 18.9. The smallest absolute Gasteiger partial charge is 0.306 e. The van der Waals surface area contributed by atoms with Crippen molar-refractivity contribution in [3.05, 3.63) is 28.8 Å². The Balaban J connectivity index is 1.85. The van der Waals surface area contributed by atoms with E-state index in [4.69, 9.17) is 4.74 Å². The Morgan fingerprint density at radius 2 is 2.14 bits per heavy atom. The van der Waals surface area contributed by atoms with Gasteiger partial charge < -0.3 is 9.84 Å². The molecule has 1 N–H and O–H groups in total. The van der Waals surface area contributed by atoms with Crippen LogP contribution in [0.1, 0.15) is 36.5 Å². The van der Waals surface area contributed by atoms with Gasteiger partial charge >= 0.3 is 5.97 Å². The summed E-state index contributed by atoms with van der Waals surface area (Å²) in [6, 6.07) is 3.77. The van der Waals surface area contributed by atoms with Crippen molar-refractivity contribution in [2.75, 3.05) is 18.1 Å². The molecule has 0 atom stereocenters. The number of thioether (sulfide) groups is 2. The number of hydrogen-bond acceptors (Lipinski definition) is 5. The molecule has 1 heterocycles. The molecule has 2 aliphatic rings. The molecule has 1 spiro atoms. The van der Waals surface area contributed by atoms with Crippen LogP contribution < -0.4 is 0 Å². The Morgan fingerprint density at radius 1 is 1.38 bits per heavy atom. The topological polar surface area (TPSA) is 46.5 Å². The van der Waals surface area contributed by atoms with E-state index in [0.717, 1.165) is 29.9 Å². The third-order valence-electron chi connectivity index (χ3n) is 4.13. The number of ether oxygens (including phenoxy) is 1. The Hall–Kier alpha value is -0.810. The largest absolute Gasteiger partial charge is 0.508 e. The van der Waals surface area contributed by atoms with Gasteiger partial charge in [0.2, 0.25) is 0 Å². The van der Waals surface area contributed by atoms with Crippen LogP contribution >= 0.6 is 23.5 Å². The fourth-order valence-electron chi connectivity index (χ4n) is 3.25. The first-order valence-electron chi connectivity index (χ1n) is 7.44. The highest BCUT2D eigenvalue weighted by molar-refractivity contribution is 8.20. The lowest BCUT2D eigenvalue weighted by Crippen LogP contribution is -2.10. The maximum atomic E-state index is 11.6. The zero-order chi connectivity index (χ0) is 14.9. The third-order valence-corrected chi connectivity index (χ3v) is 7.66. The minimum atomic E-state index is -0.142. The second kappa shape index (κ2) is 6.13. The summed E-state index contributed by atoms with van der Waals surface area (Å²) in [5.41, 5.74) is 3.58. The highest BCUT2D eigenvalue weighted by Crippen LogP contribution is 2.61. The van der Waals surface area contributed by atoms with Crippen molar-refractivity contribution < 1.29 is 14.6 Å². The van der Waals surface area contributed by atoms with Crippen molar-refractivity contribution in [3.63, 3.8) is 0 Å². The summed E-state index contributed by atoms with van der Waals surface area (Å²) in [6.07, 6.45) is 3.20. The highest BCUT2D eigenvalue weighted by atomic mass is 32.2. The molecule has 1 aromatic carbocycles. The molecule has 5 heteroatoms. The minimum Gasteiger partial charge on any atom is -0.508 e. The van der Waals surface area contributed by atoms with Crippen molar-refractivity contribution in [1.29, 1.82) is 0 Å². The molecule has 0 radical (unpaired) electrons. The van der Waals surface area contributed by atoms with E-state index < -0.39 is 0 Å². The van der Waals surface area contributed by atoms with Crippen molar-refractivity contribution in [2.24, 2.45) is 0 Å². The van der Waals surface area contributed by atoms with Crippen molar-refractivity contribution in [1.82, 2.24) is 0 Å². The van der Waals surface area contributed by atoms with E-state index in [1.54, 1.807) is 6.07 Å². The zero-order valence-corrected chi connectivity index (χ0v) is 13.8. The average Bonchev–Trinajstić information content (AvgIpc) is 3.08. The van der Waals surface area contributed by atoms with Crippen LogP contribution in [0.5, 0.6) is 5.75 Å². The molecule has 1 saturated heterocycles. The molecule has 0 saturated carbocycles. The number of rotatable bonds is 4. The van der Waals surface area contributed by atoms with E-state index in [2.05, 4.69) is 0 Å². The van der Waals surface area contributed by atoms with E-state index in [1.807, 2.05) is 36.5 Å². The molecule has 1 aliphatic carbocycles. The lowest BCUT2D eigenvalue weighted by Gasteiger charge is -2.23. The average molecular weight is 324 g/mol. The molecule has 0 amide bonds. The lowest BCUT2D eigenvalue weighted by molar-refractivity contribution is -0.143. The second-order valence-corrected chi connectivity index (χ2v) is 8.40. The lowest BCUT2D eigenvalue weighted by atomic mass is 9.98. The molecule has 3 nitrogen and oxygen atoms in total. The van der Waals surface area contributed by atoms with Crippen molar-refractivity contribution >= 4 is 29.5 Å². The van der Waals surface area contributed by atoms with Gasteiger partial charge in [-0.25, -0.2) is 0 Å². The summed E-state index contributed by atoms with van der Waals surface area (Å²) < 4.78 is 5.06. The Morgan fingerprint density at radius 3 is 2.86 bits per heavy atom. The van der Waals surface area contributed by atoms with Crippen LogP contribution in [0.3, 0.4) is 0 Å². The van der Waals surface area contributed by atoms with Gasteiger partial charge in [-0.1, -0.05) is 6.07 Å². The molecule has 0 unspecified atom stereocenters. The van der Waals surface area contributed by atoms with Crippen molar-refractivity contribution in [3.8, 4) is 5.75 Å². The van der Waals surface area contributed by atoms with Gasteiger partial charge in [0.25, 0.3) is 0 Å². The number of aryl methyl sites for hydroxylation is 1. The monoisotopic (exact) mass is 324 g/mol. The van der Waals surface area contributed by atoms with E-state index in [9.17, 15) is 9.90 Å². The van der Waals surface area contributed by atoms with Gasteiger partial charge in [0, 0.05) is 23.5 Å². The SMILES string of the molecule is CCOC(=O)CCc1ccc(O)c2c1CCC21SCCS1. The van der Waals surface area contributed by atoms with Crippen LogP contribution in [0.2, 0.25) is 0 Å². The van der Waals surface area contributed by atoms with Gasteiger partial charge in [0.1, 0.15) is 5.75 Å². The van der Waals surface area contributed by atoms with Crippen LogP contribution in [0.25, 0.3) is 0 Å². The van der Waals surface area contributed by atoms with Crippen LogP contribution in [-0.2, 0) is 26.5 Å². The standard InChI is InChI=1S/C16H20O3S2/c1-2-19-14(18)6-4-11-3-5-13(17)15-12(11)7-8-16(15)20-9-10-21-16/h3,5,17H,2,4,6-10H2,1H3. The van der Waals surface area contributed by atoms with Gasteiger partial charge in [-0.05, 0) is 43.4 Å². The minimum absolute atomic E-state index is 0.0549. The second-order valence-electron chi connectivity index (χ2n) is 5.35. The third kappa shape index (κ3) is 2.78. The number of benzene rings is 1. The number of carbonyl (C=O) groups excluding carboxylic acids is 1. The molecule has 3 rings (SSSR count). The zero-order valence-electron chi connectivity index (χ0n) is 12.2. The van der Waals surface area contributed by atoms with Gasteiger partial charge in [-0.3, -0.25) is 4.79 Å². The van der Waals surface area contributed by atoms with Gasteiger partial charge in [0.15, 0.2) is 0 Å². The van der Waals surface area contributed by atoms with Crippen LogP contribution in [0.15, 0.2) is 12.1 Å². The summed E-state index contributed by atoms with van der Waals surface area (Å²) in [4.78, 5) is 11.6. The number of fused-ring (bicyclic) bond motifs is 2. The molecule has 1 aromatic rings. The van der Waals surface area contributed by atoms with E-state index in [1.165, 1.54) is 11.1 Å². The van der Waals surface area contributed by atoms with E-state index >= 15 is 0 Å². The van der Waals surface area contributed by atoms with Crippen molar-refractivity contribution in [2.45, 2.75) is 36.7 Å². The Labute approximate surface area is 133 Å². The summed E-state index contributed by atoms with van der Waals surface area (Å²) in [6.45, 7) is 2.26. The predicted octanol–water partition coefficient (Wildman–Crippen LogP) is 3.47. The van der Waals surface area contributed by atoms with Gasteiger partial charge in [-0.2, -0.15) is 0 Å². The summed E-state index contributed by atoms with van der Waals surface area (Å²) in [7, 11) is 0. The summed E-state index contributed by atoms with van der Waals surface area (Å²) in [5.74, 6) is 2.58. The number of hydrogen-bond donors (Lipinski definition) is 1. The first-order chi connectivity index (χ1) is 10.2. The Kier molecular flexibility index (Phi) is 4.41. The number of esters is 1. The molecule has 0 bridgehead atoms. The molecule has 21 heavy (non-hydrogen) atoms. The fourth-order valence-corrected chi connectivity index (χ4v) is 6.65. The van der Waals surface area contributed by atoms with E-state index in [-0.39, 0.29) is 10.0 Å². The molecule has 0 aromatic heterocycles. The predicted molar refractivity (Wildman–Crippen MR) is 88.0 cm³/mol. The van der Waals surface area contributed by atoms with Crippen LogP contribution in [-0.4, -0.2) is 29.2 Å². The number of phenolic OH excluding ortho intramolecular Hbond substituents is 1. The number of aromatic hydroxyl groups is 1. The number of carbonyl (C=O) groups is 1. The molecule has 1 aliphatic heterocycles. The maximum Gasteiger partial charge on any atom is 0.306 e. The quantitative estimate of drug-likeness (QED) is 0.859. The van der Waals surface area contributed by atoms with Gasteiger partial charge in [0.05, 0.1) is 10.7 Å². The molecular weight excluding hydrogens is 304 g/mol. The molecule has 114 valence electrons. The molecule has 1 fully saturated rings. The fraction of sp³-hybridized carbons (Fsp3) is 0.562. The highest BCUT2D eigenvalue weighted by Gasteiger charge is 2.45. The first-order valence-corrected chi connectivity index (χ1v) is 9.41. The van der Waals surface area contributed by atoms with E-state index in [0.29, 0.717) is 25.2 Å².